The quantitative estimate of drug-likeness (QED) is 0.706. The van der Waals surface area contributed by atoms with Crippen molar-refractivity contribution in [2.75, 3.05) is 6.54 Å². The summed E-state index contributed by atoms with van der Waals surface area (Å²) in [6.07, 6.45) is 7.17. The van der Waals surface area contributed by atoms with Gasteiger partial charge in [-0.25, -0.2) is 0 Å². The second-order valence-corrected chi connectivity index (χ2v) is 5.93. The zero-order valence-corrected chi connectivity index (χ0v) is 13.2. The van der Waals surface area contributed by atoms with Crippen molar-refractivity contribution < 1.29 is 0 Å². The van der Waals surface area contributed by atoms with Crippen molar-refractivity contribution >= 4 is 0 Å². The number of benzene rings is 1. The third kappa shape index (κ3) is 3.40. The molecule has 0 saturated heterocycles. The third-order valence-electron chi connectivity index (χ3n) is 4.15. The molecule has 1 aromatic carbocycles. The summed E-state index contributed by atoms with van der Waals surface area (Å²) in [5.41, 5.74) is 5.73. The fourth-order valence-corrected chi connectivity index (χ4v) is 3.02. The van der Waals surface area contributed by atoms with E-state index in [1.807, 2.05) is 0 Å². The summed E-state index contributed by atoms with van der Waals surface area (Å²) in [6.45, 7) is 10.0. The van der Waals surface area contributed by atoms with Gasteiger partial charge in [-0.3, -0.25) is 0 Å². The second kappa shape index (κ2) is 6.90. The van der Waals surface area contributed by atoms with Gasteiger partial charge in [-0.2, -0.15) is 0 Å². The molecule has 0 aliphatic heterocycles. The van der Waals surface area contributed by atoms with Crippen LogP contribution < -0.4 is 5.32 Å². The normalized spacial score (nSPS) is 19.7. The van der Waals surface area contributed by atoms with E-state index < -0.39 is 0 Å². The molecule has 2 atom stereocenters. The minimum atomic E-state index is 0.417. The molecule has 0 fully saturated rings. The molecular formula is C19H27N. The van der Waals surface area contributed by atoms with Crippen LogP contribution in [-0.2, 0) is 0 Å². The van der Waals surface area contributed by atoms with Gasteiger partial charge in [0.25, 0.3) is 0 Å². The first-order valence-corrected chi connectivity index (χ1v) is 7.82. The zero-order chi connectivity index (χ0) is 14.5. The molecule has 0 saturated carbocycles. The van der Waals surface area contributed by atoms with E-state index in [-0.39, 0.29) is 0 Å². The van der Waals surface area contributed by atoms with Crippen LogP contribution >= 0.6 is 0 Å². The summed E-state index contributed by atoms with van der Waals surface area (Å²) in [4.78, 5) is 0. The van der Waals surface area contributed by atoms with Crippen LogP contribution in [0.4, 0.5) is 0 Å². The fourth-order valence-electron chi connectivity index (χ4n) is 3.02. The van der Waals surface area contributed by atoms with E-state index in [1.165, 1.54) is 35.1 Å². The van der Waals surface area contributed by atoms with Gasteiger partial charge in [0.05, 0.1) is 0 Å². The Balaban J connectivity index is 2.21. The topological polar surface area (TPSA) is 12.0 Å². The molecule has 0 bridgehead atoms. The highest BCUT2D eigenvalue weighted by Gasteiger charge is 2.20. The van der Waals surface area contributed by atoms with Crippen molar-refractivity contribution in [3.63, 3.8) is 0 Å². The van der Waals surface area contributed by atoms with Gasteiger partial charge >= 0.3 is 0 Å². The van der Waals surface area contributed by atoms with E-state index in [0.717, 1.165) is 6.54 Å². The van der Waals surface area contributed by atoms with Crippen molar-refractivity contribution in [3.8, 4) is 0 Å². The smallest absolute Gasteiger partial charge is 0.0294 e. The number of rotatable bonds is 6. The maximum Gasteiger partial charge on any atom is 0.0294 e. The minimum Gasteiger partial charge on any atom is -0.310 e. The Morgan fingerprint density at radius 1 is 1.20 bits per heavy atom. The van der Waals surface area contributed by atoms with E-state index in [9.17, 15) is 0 Å². The monoisotopic (exact) mass is 269 g/mol. The van der Waals surface area contributed by atoms with E-state index >= 15 is 0 Å². The van der Waals surface area contributed by atoms with Crippen molar-refractivity contribution in [3.05, 3.63) is 58.7 Å². The largest absolute Gasteiger partial charge is 0.310 e. The first-order chi connectivity index (χ1) is 9.63. The summed E-state index contributed by atoms with van der Waals surface area (Å²) < 4.78 is 0. The molecule has 1 heteroatoms. The van der Waals surface area contributed by atoms with E-state index in [4.69, 9.17) is 0 Å². The summed E-state index contributed by atoms with van der Waals surface area (Å²) in [5.74, 6) is 0.460. The lowest BCUT2D eigenvalue weighted by Gasteiger charge is -2.21. The molecule has 108 valence electrons. The van der Waals surface area contributed by atoms with Gasteiger partial charge in [0.1, 0.15) is 0 Å². The fraction of sp³-hybridized carbons (Fsp3) is 0.474. The van der Waals surface area contributed by atoms with Crippen LogP contribution in [0.3, 0.4) is 0 Å². The summed E-state index contributed by atoms with van der Waals surface area (Å²) in [5, 5.41) is 3.65. The molecule has 0 amide bonds. The molecule has 0 radical (unpaired) electrons. The van der Waals surface area contributed by atoms with Crippen molar-refractivity contribution in [2.45, 2.75) is 52.5 Å². The number of nitrogens with one attached hydrogen (secondary N) is 1. The summed E-state index contributed by atoms with van der Waals surface area (Å²) >= 11 is 0. The number of allylic oxidation sites excluding steroid dienone is 4. The molecule has 0 heterocycles. The Hall–Kier alpha value is -1.34. The highest BCUT2D eigenvalue weighted by molar-refractivity contribution is 5.47. The lowest BCUT2D eigenvalue weighted by Crippen LogP contribution is -2.21. The molecule has 0 aromatic heterocycles. The van der Waals surface area contributed by atoms with E-state index in [2.05, 4.69) is 69.4 Å². The zero-order valence-electron chi connectivity index (χ0n) is 13.2. The highest BCUT2D eigenvalue weighted by atomic mass is 14.9. The predicted molar refractivity (Wildman–Crippen MR) is 88.0 cm³/mol. The average Bonchev–Trinajstić information content (AvgIpc) is 2.78. The standard InChI is InChI=1S/C19H27N/c1-5-6-11-20-16(4)17-9-7-8-10-18(17)19-13-14(2)12-15(19)3/h7-10,12-13,16,19-20H,5-6,11H2,1-4H3. The maximum atomic E-state index is 3.65. The lowest BCUT2D eigenvalue weighted by molar-refractivity contribution is 0.550. The molecule has 2 unspecified atom stereocenters. The van der Waals surface area contributed by atoms with Gasteiger partial charge in [0.15, 0.2) is 0 Å². The highest BCUT2D eigenvalue weighted by Crippen LogP contribution is 2.36. The SMILES string of the molecule is CCCCNC(C)c1ccccc1C1C=C(C)C=C1C. The predicted octanol–water partition coefficient (Wildman–Crippen LogP) is 5.13. The van der Waals surface area contributed by atoms with E-state index in [0.29, 0.717) is 12.0 Å². The molecular weight excluding hydrogens is 242 g/mol. The molecule has 1 N–H and O–H groups in total. The number of hydrogen-bond acceptors (Lipinski definition) is 1. The van der Waals surface area contributed by atoms with Crippen molar-refractivity contribution in [1.29, 1.82) is 0 Å². The van der Waals surface area contributed by atoms with Crippen LogP contribution in [0, 0.1) is 0 Å². The number of hydrogen-bond donors (Lipinski definition) is 1. The van der Waals surface area contributed by atoms with Gasteiger partial charge in [-0.15, -0.1) is 0 Å². The lowest BCUT2D eigenvalue weighted by atomic mass is 9.88. The average molecular weight is 269 g/mol. The first kappa shape index (κ1) is 15.1. The van der Waals surface area contributed by atoms with Crippen LogP contribution in [0.2, 0.25) is 0 Å². The van der Waals surface area contributed by atoms with Gasteiger partial charge in [0.2, 0.25) is 0 Å². The molecule has 2 rings (SSSR count). The maximum absolute atomic E-state index is 3.65. The van der Waals surface area contributed by atoms with E-state index in [1.54, 1.807) is 0 Å². The van der Waals surface area contributed by atoms with Gasteiger partial charge in [0, 0.05) is 12.0 Å². The Morgan fingerprint density at radius 3 is 2.60 bits per heavy atom. The van der Waals surface area contributed by atoms with Gasteiger partial charge in [-0.1, -0.05) is 60.9 Å². The molecule has 0 spiro atoms. The van der Waals surface area contributed by atoms with Crippen LogP contribution in [0.1, 0.15) is 63.6 Å². The van der Waals surface area contributed by atoms with Crippen LogP contribution in [0.5, 0.6) is 0 Å². The first-order valence-electron chi connectivity index (χ1n) is 7.82. The molecule has 1 aliphatic carbocycles. The molecule has 1 aromatic rings. The van der Waals surface area contributed by atoms with Crippen molar-refractivity contribution in [1.82, 2.24) is 5.32 Å². The molecule has 1 aliphatic rings. The Kier molecular flexibility index (Phi) is 5.19. The van der Waals surface area contributed by atoms with Gasteiger partial charge < -0.3 is 5.32 Å². The van der Waals surface area contributed by atoms with Crippen LogP contribution in [-0.4, -0.2) is 6.54 Å². The summed E-state index contributed by atoms with van der Waals surface area (Å²) in [6, 6.07) is 9.28. The Labute approximate surface area is 123 Å². The van der Waals surface area contributed by atoms with Gasteiger partial charge in [-0.05, 0) is 44.9 Å². The Bertz CT molecular complexity index is 510. The van der Waals surface area contributed by atoms with Crippen LogP contribution in [0.15, 0.2) is 47.6 Å². The molecule has 1 nitrogen and oxygen atoms in total. The minimum absolute atomic E-state index is 0.417. The van der Waals surface area contributed by atoms with Crippen molar-refractivity contribution in [2.24, 2.45) is 0 Å². The Morgan fingerprint density at radius 2 is 1.95 bits per heavy atom. The second-order valence-electron chi connectivity index (χ2n) is 5.93. The molecule has 20 heavy (non-hydrogen) atoms. The number of unbranched alkanes of at least 4 members (excludes halogenated alkanes) is 1. The van der Waals surface area contributed by atoms with Crippen LogP contribution in [0.25, 0.3) is 0 Å². The third-order valence-corrected chi connectivity index (χ3v) is 4.15. The summed E-state index contributed by atoms with van der Waals surface area (Å²) in [7, 11) is 0.